The van der Waals surface area contributed by atoms with Crippen LogP contribution in [0.3, 0.4) is 0 Å². The lowest BCUT2D eigenvalue weighted by molar-refractivity contribution is 0.101. The van der Waals surface area contributed by atoms with E-state index >= 15 is 0 Å². The van der Waals surface area contributed by atoms with E-state index in [1.54, 1.807) is 43.8 Å². The molecule has 16 heteroatoms. The number of sulfonamides is 1. The topological polar surface area (TPSA) is 149 Å². The highest BCUT2D eigenvalue weighted by atomic mass is 32.2. The van der Waals surface area contributed by atoms with Crippen LogP contribution in [0.5, 0.6) is 0 Å². The number of carbonyl (C=O) groups excluding carboxylic acids is 2. The molecule has 4 heterocycles. The van der Waals surface area contributed by atoms with Crippen LogP contribution in [-0.4, -0.2) is 89.0 Å². The van der Waals surface area contributed by atoms with Crippen LogP contribution in [0.2, 0.25) is 0 Å². The van der Waals surface area contributed by atoms with Crippen molar-refractivity contribution in [2.75, 3.05) is 55.3 Å². The molecule has 13 nitrogen and oxygen atoms in total. The zero-order valence-corrected chi connectivity index (χ0v) is 27.2. The van der Waals surface area contributed by atoms with Crippen LogP contribution in [0.25, 0.3) is 0 Å². The number of aromatic nitrogens is 4. The molecule has 0 atom stereocenters. The third-order valence-corrected chi connectivity index (χ3v) is 10.3. The van der Waals surface area contributed by atoms with E-state index in [1.165, 1.54) is 6.20 Å². The number of amides is 2. The van der Waals surface area contributed by atoms with Crippen LogP contribution in [0.1, 0.15) is 46.1 Å². The number of H-pyrrole nitrogens is 1. The first-order chi connectivity index (χ1) is 22.2. The van der Waals surface area contributed by atoms with Crippen molar-refractivity contribution in [2.24, 2.45) is 7.05 Å². The van der Waals surface area contributed by atoms with Crippen molar-refractivity contribution < 1.29 is 26.8 Å². The number of hydrogen-bond donors (Lipinski definition) is 3. The fourth-order valence-electron chi connectivity index (χ4n) is 5.96. The molecule has 1 fully saturated rings. The highest BCUT2D eigenvalue weighted by Gasteiger charge is 2.41. The summed E-state index contributed by atoms with van der Waals surface area (Å²) in [6.07, 6.45) is 3.14. The third-order valence-electron chi connectivity index (χ3n) is 8.54. The number of halogens is 2. The molecule has 2 aromatic heterocycles. The Hall–Kier alpha value is -4.67. The minimum atomic E-state index is -4.32. The summed E-state index contributed by atoms with van der Waals surface area (Å²) >= 11 is 0. The van der Waals surface area contributed by atoms with Crippen LogP contribution < -0.4 is 15.5 Å². The molecular formula is C31H35F2N9O4S. The number of piperazine rings is 1. The van der Waals surface area contributed by atoms with Crippen LogP contribution in [0, 0.1) is 11.6 Å². The Kier molecular flexibility index (Phi) is 8.36. The molecule has 4 aromatic rings. The summed E-state index contributed by atoms with van der Waals surface area (Å²) in [5, 5.41) is 12.9. The Balaban J connectivity index is 1.31. The molecule has 0 bridgehead atoms. The van der Waals surface area contributed by atoms with Crippen molar-refractivity contribution in [1.29, 1.82) is 0 Å². The second kappa shape index (κ2) is 12.2. The summed E-state index contributed by atoms with van der Waals surface area (Å²) in [5.74, 6) is -2.88. The van der Waals surface area contributed by atoms with Crippen molar-refractivity contribution in [2.45, 2.75) is 30.7 Å². The lowest BCUT2D eigenvalue weighted by atomic mass is 9.84. The number of likely N-dealkylation sites (N-methyl/N-ethyl adjacent to an activating group) is 1. The first kappa shape index (κ1) is 32.3. The summed E-state index contributed by atoms with van der Waals surface area (Å²) in [6.45, 7) is 6.63. The molecule has 0 radical (unpaired) electrons. The standard InChI is InChI=1S/C31H35F2N9O4S/c1-31(2)18-42(47(45,46)22-14-19(32)13-20(33)15-22)17-24-26(31)37-38-27(24)36-29(43)23-6-5-21(41-11-9-39(3)10-12-41)16-25(23)35-30(44)28-34-7-8-40(28)4/h5-8,13-16H,9-12,17-18H2,1-4H3,(H,35,44)(H2,36,37,38,43). The molecule has 0 aliphatic carbocycles. The van der Waals surface area contributed by atoms with Gasteiger partial charge in [-0.3, -0.25) is 14.7 Å². The number of fused-ring (bicyclic) bond motifs is 1. The van der Waals surface area contributed by atoms with E-state index < -0.39 is 43.8 Å². The fourth-order valence-corrected chi connectivity index (χ4v) is 7.58. The maximum atomic E-state index is 14.0. The molecule has 0 unspecified atom stereocenters. The van der Waals surface area contributed by atoms with Gasteiger partial charge in [0.25, 0.3) is 11.8 Å². The van der Waals surface area contributed by atoms with Gasteiger partial charge in [-0.05, 0) is 37.4 Å². The second-order valence-electron chi connectivity index (χ2n) is 12.5. The van der Waals surface area contributed by atoms with Gasteiger partial charge in [0.2, 0.25) is 10.0 Å². The van der Waals surface area contributed by atoms with Gasteiger partial charge in [0.05, 0.1) is 16.1 Å². The highest BCUT2D eigenvalue weighted by Crippen LogP contribution is 2.38. The Labute approximate surface area is 270 Å². The van der Waals surface area contributed by atoms with Crippen LogP contribution in [-0.2, 0) is 29.0 Å². The molecular weight excluding hydrogens is 632 g/mol. The smallest absolute Gasteiger partial charge is 0.291 e. The molecule has 0 spiro atoms. The Morgan fingerprint density at radius 2 is 1.66 bits per heavy atom. The number of aromatic amines is 1. The highest BCUT2D eigenvalue weighted by molar-refractivity contribution is 7.89. The van der Waals surface area contributed by atoms with E-state index in [4.69, 9.17) is 0 Å². The molecule has 2 amide bonds. The number of carbonyl (C=O) groups is 2. The van der Waals surface area contributed by atoms with E-state index in [2.05, 4.69) is 35.6 Å². The number of benzene rings is 2. The largest absolute Gasteiger partial charge is 0.369 e. The van der Waals surface area contributed by atoms with E-state index in [1.807, 2.05) is 13.1 Å². The van der Waals surface area contributed by atoms with Crippen molar-refractivity contribution in [3.8, 4) is 0 Å². The maximum Gasteiger partial charge on any atom is 0.291 e. The summed E-state index contributed by atoms with van der Waals surface area (Å²) in [5.41, 5.74) is 1.46. The van der Waals surface area contributed by atoms with Gasteiger partial charge in [0.15, 0.2) is 11.6 Å². The number of nitrogens with zero attached hydrogens (tertiary/aromatic N) is 6. The van der Waals surface area contributed by atoms with Gasteiger partial charge in [0, 0.05) is 87.1 Å². The first-order valence-corrected chi connectivity index (χ1v) is 16.4. The number of rotatable bonds is 7. The molecule has 2 aromatic carbocycles. The van der Waals surface area contributed by atoms with Gasteiger partial charge < -0.3 is 25.0 Å². The van der Waals surface area contributed by atoms with E-state index in [0.29, 0.717) is 17.3 Å². The minimum absolute atomic E-state index is 0.00678. The quantitative estimate of drug-likeness (QED) is 0.272. The molecule has 6 rings (SSSR count). The number of hydrogen-bond acceptors (Lipinski definition) is 8. The molecule has 1 saturated heterocycles. The Bertz CT molecular complexity index is 1950. The lowest BCUT2D eigenvalue weighted by Crippen LogP contribution is -2.45. The van der Waals surface area contributed by atoms with Gasteiger partial charge in [-0.1, -0.05) is 13.8 Å². The second-order valence-corrected chi connectivity index (χ2v) is 14.4. The van der Waals surface area contributed by atoms with E-state index in [9.17, 15) is 26.8 Å². The zero-order chi connectivity index (χ0) is 33.7. The van der Waals surface area contributed by atoms with Crippen molar-refractivity contribution >= 4 is 39.0 Å². The number of aryl methyl sites for hydroxylation is 1. The predicted octanol–water partition coefficient (Wildman–Crippen LogP) is 3.16. The normalized spacial score (nSPS) is 16.9. The van der Waals surface area contributed by atoms with Gasteiger partial charge >= 0.3 is 0 Å². The lowest BCUT2D eigenvalue weighted by Gasteiger charge is -2.36. The van der Waals surface area contributed by atoms with Crippen LogP contribution in [0.4, 0.5) is 26.0 Å². The molecule has 2 aliphatic rings. The fraction of sp³-hybridized carbons (Fsp3) is 0.355. The van der Waals surface area contributed by atoms with Gasteiger partial charge in [0.1, 0.15) is 11.6 Å². The zero-order valence-electron chi connectivity index (χ0n) is 26.3. The maximum absolute atomic E-state index is 14.0. The molecule has 0 saturated carbocycles. The summed E-state index contributed by atoms with van der Waals surface area (Å²) in [7, 11) is -0.588. The Morgan fingerprint density at radius 3 is 2.32 bits per heavy atom. The van der Waals surface area contributed by atoms with Crippen molar-refractivity contribution in [3.05, 3.63) is 83.1 Å². The SMILES string of the molecule is CN1CCN(c2ccc(C(=O)Nc3n[nH]c4c3CN(S(=O)(=O)c3cc(F)cc(F)c3)CC4(C)C)c(NC(=O)c3nccn3C)c2)CC1. The number of nitrogens with one attached hydrogen (secondary N) is 3. The summed E-state index contributed by atoms with van der Waals surface area (Å²) in [6, 6.07) is 7.32. The van der Waals surface area contributed by atoms with Crippen molar-refractivity contribution in [3.63, 3.8) is 0 Å². The first-order valence-electron chi connectivity index (χ1n) is 14.9. The van der Waals surface area contributed by atoms with Crippen molar-refractivity contribution in [1.82, 2.24) is 29.0 Å². The summed E-state index contributed by atoms with van der Waals surface area (Å²) < 4.78 is 57.7. The third kappa shape index (κ3) is 6.35. The monoisotopic (exact) mass is 667 g/mol. The average Bonchev–Trinajstić information content (AvgIpc) is 3.63. The van der Waals surface area contributed by atoms with Gasteiger partial charge in [-0.2, -0.15) is 9.40 Å². The molecule has 248 valence electrons. The van der Waals surface area contributed by atoms with Gasteiger partial charge in [-0.25, -0.2) is 22.2 Å². The average molecular weight is 668 g/mol. The number of imidazole rings is 1. The molecule has 47 heavy (non-hydrogen) atoms. The van der Waals surface area contributed by atoms with E-state index in [0.717, 1.165) is 48.3 Å². The Morgan fingerprint density at radius 1 is 0.957 bits per heavy atom. The van der Waals surface area contributed by atoms with E-state index in [-0.39, 0.29) is 36.0 Å². The molecule has 3 N–H and O–H groups in total. The number of anilines is 3. The summed E-state index contributed by atoms with van der Waals surface area (Å²) in [4.78, 5) is 35.0. The van der Waals surface area contributed by atoms with Crippen LogP contribution in [0.15, 0.2) is 53.7 Å². The molecule has 2 aliphatic heterocycles. The van der Waals surface area contributed by atoms with Crippen LogP contribution >= 0.6 is 0 Å². The predicted molar refractivity (Wildman–Crippen MR) is 171 cm³/mol. The van der Waals surface area contributed by atoms with Gasteiger partial charge in [-0.15, -0.1) is 0 Å². The minimum Gasteiger partial charge on any atom is -0.369 e.